The molecule has 1 heterocycles. The molecule has 0 aliphatic carbocycles. The summed E-state index contributed by atoms with van der Waals surface area (Å²) in [6.07, 6.45) is 3.86. The predicted octanol–water partition coefficient (Wildman–Crippen LogP) is 5.11. The van der Waals surface area contributed by atoms with Crippen molar-refractivity contribution in [2.24, 2.45) is 5.92 Å². The summed E-state index contributed by atoms with van der Waals surface area (Å²) in [5, 5.41) is 12.8. The van der Waals surface area contributed by atoms with E-state index < -0.39 is 11.5 Å². The van der Waals surface area contributed by atoms with Gasteiger partial charge in [0, 0.05) is 25.1 Å². The number of benzene rings is 2. The highest BCUT2D eigenvalue weighted by Gasteiger charge is 2.36. The molecule has 2 amide bonds. The number of nitriles is 1. The molecule has 1 fully saturated rings. The van der Waals surface area contributed by atoms with E-state index in [4.69, 9.17) is 0 Å². The number of likely N-dealkylation sites (tertiary alicyclic amines) is 1. The first kappa shape index (κ1) is 25.4. The molecule has 1 saturated heterocycles. The van der Waals surface area contributed by atoms with E-state index in [1.165, 1.54) is 6.07 Å². The van der Waals surface area contributed by atoms with Gasteiger partial charge in [0.05, 0.1) is 11.5 Å². The zero-order valence-electron chi connectivity index (χ0n) is 20.1. The number of carbonyl (C=O) groups is 2. The van der Waals surface area contributed by atoms with Crippen LogP contribution < -0.4 is 5.32 Å². The summed E-state index contributed by atoms with van der Waals surface area (Å²) >= 11 is 0. The third kappa shape index (κ3) is 5.83. The molecule has 1 unspecified atom stereocenters. The summed E-state index contributed by atoms with van der Waals surface area (Å²) in [7, 11) is 0. The van der Waals surface area contributed by atoms with Gasteiger partial charge in [-0.2, -0.15) is 5.26 Å². The number of rotatable bonds is 10. The summed E-state index contributed by atoms with van der Waals surface area (Å²) in [6, 6.07) is 18.3. The number of amides is 2. The van der Waals surface area contributed by atoms with Gasteiger partial charge in [0.2, 0.25) is 11.8 Å². The van der Waals surface area contributed by atoms with E-state index in [1.54, 1.807) is 23.1 Å². The highest BCUT2D eigenvalue weighted by atomic mass is 19.1. The van der Waals surface area contributed by atoms with Gasteiger partial charge in [-0.3, -0.25) is 9.59 Å². The fourth-order valence-corrected chi connectivity index (χ4v) is 4.85. The van der Waals surface area contributed by atoms with E-state index in [0.29, 0.717) is 37.8 Å². The Bertz CT molecular complexity index is 1020. The molecule has 2 aromatic carbocycles. The van der Waals surface area contributed by atoms with E-state index in [2.05, 4.69) is 25.2 Å². The van der Waals surface area contributed by atoms with Gasteiger partial charge in [-0.15, -0.1) is 0 Å². The molecule has 0 saturated carbocycles. The Labute approximate surface area is 202 Å². The molecule has 5 nitrogen and oxygen atoms in total. The van der Waals surface area contributed by atoms with Gasteiger partial charge in [0.1, 0.15) is 11.9 Å². The van der Waals surface area contributed by atoms with Gasteiger partial charge in [-0.25, -0.2) is 4.39 Å². The molecule has 2 atom stereocenters. The molecule has 1 aliphatic rings. The summed E-state index contributed by atoms with van der Waals surface area (Å²) in [4.78, 5) is 27.3. The van der Waals surface area contributed by atoms with Gasteiger partial charge in [0.25, 0.3) is 0 Å². The normalized spacial score (nSPS) is 17.3. The third-order valence-electron chi connectivity index (χ3n) is 6.97. The molecule has 1 N–H and O–H groups in total. The maximum Gasteiger partial charge on any atom is 0.243 e. The van der Waals surface area contributed by atoms with Crippen molar-refractivity contribution in [3.63, 3.8) is 0 Å². The van der Waals surface area contributed by atoms with Crippen molar-refractivity contribution in [2.45, 2.75) is 70.4 Å². The van der Waals surface area contributed by atoms with Crippen LogP contribution in [0.2, 0.25) is 0 Å². The lowest BCUT2D eigenvalue weighted by atomic mass is 9.69. The molecule has 0 spiro atoms. The lowest BCUT2D eigenvalue weighted by Crippen LogP contribution is -2.45. The quantitative estimate of drug-likeness (QED) is 0.498. The summed E-state index contributed by atoms with van der Waals surface area (Å²) in [6.45, 7) is 4.80. The Morgan fingerprint density at radius 1 is 1.15 bits per heavy atom. The van der Waals surface area contributed by atoms with E-state index in [-0.39, 0.29) is 30.1 Å². The lowest BCUT2D eigenvalue weighted by Gasteiger charge is -2.31. The monoisotopic (exact) mass is 463 g/mol. The predicted molar refractivity (Wildman–Crippen MR) is 130 cm³/mol. The Morgan fingerprint density at radius 3 is 2.53 bits per heavy atom. The second-order valence-corrected chi connectivity index (χ2v) is 9.37. The number of carbonyl (C=O) groups excluding carboxylic acids is 2. The van der Waals surface area contributed by atoms with Gasteiger partial charge >= 0.3 is 0 Å². The standard InChI is InChI=1S/C28H34FN3O2/c1-21(2)28(20-30,23-12-4-3-5-13-23)17-9-8-16-26(33)32-18-10-15-25(32)27(34)31-19-22-11-6-7-14-24(22)29/h3-7,11-14,21,25H,8-10,15-19H2,1-2H3,(H,31,34)/t25-,28?/m1/s1. The second kappa shape index (κ2) is 11.8. The molecule has 6 heteroatoms. The Balaban J connectivity index is 1.52. The van der Waals surface area contributed by atoms with Crippen LogP contribution in [0.25, 0.3) is 0 Å². The van der Waals surface area contributed by atoms with Crippen molar-refractivity contribution < 1.29 is 14.0 Å². The largest absolute Gasteiger partial charge is 0.350 e. The van der Waals surface area contributed by atoms with Crippen LogP contribution in [0.5, 0.6) is 0 Å². The zero-order chi connectivity index (χ0) is 24.6. The molecule has 2 aromatic rings. The highest BCUT2D eigenvalue weighted by Crippen LogP contribution is 2.37. The number of unbranched alkanes of at least 4 members (excludes halogenated alkanes) is 1. The van der Waals surface area contributed by atoms with Gasteiger partial charge in [-0.1, -0.05) is 68.8 Å². The molecule has 3 rings (SSSR count). The van der Waals surface area contributed by atoms with Gasteiger partial charge in [-0.05, 0) is 43.2 Å². The first-order chi connectivity index (χ1) is 16.4. The van der Waals surface area contributed by atoms with Crippen molar-refractivity contribution in [2.75, 3.05) is 6.54 Å². The molecule has 0 aromatic heterocycles. The Morgan fingerprint density at radius 2 is 1.85 bits per heavy atom. The van der Waals surface area contributed by atoms with E-state index in [9.17, 15) is 19.2 Å². The smallest absolute Gasteiger partial charge is 0.243 e. The first-order valence-corrected chi connectivity index (χ1v) is 12.2. The molecule has 180 valence electrons. The van der Waals surface area contributed by atoms with Crippen molar-refractivity contribution >= 4 is 11.8 Å². The van der Waals surface area contributed by atoms with Crippen LogP contribution in [-0.2, 0) is 21.5 Å². The number of hydrogen-bond donors (Lipinski definition) is 1. The lowest BCUT2D eigenvalue weighted by molar-refractivity contribution is -0.138. The van der Waals surface area contributed by atoms with Crippen molar-refractivity contribution in [1.29, 1.82) is 5.26 Å². The summed E-state index contributed by atoms with van der Waals surface area (Å²) < 4.78 is 13.8. The average Bonchev–Trinajstić information content (AvgIpc) is 3.34. The minimum atomic E-state index is -0.576. The Kier molecular flexibility index (Phi) is 8.81. The summed E-state index contributed by atoms with van der Waals surface area (Å²) in [5.74, 6) is -0.471. The number of halogens is 1. The van der Waals surface area contributed by atoms with Crippen molar-refractivity contribution in [3.8, 4) is 6.07 Å². The van der Waals surface area contributed by atoms with Crippen LogP contribution >= 0.6 is 0 Å². The molecular formula is C28H34FN3O2. The topological polar surface area (TPSA) is 73.2 Å². The Hall–Kier alpha value is -3.20. The van der Waals surface area contributed by atoms with Crippen LogP contribution in [0.15, 0.2) is 54.6 Å². The fraction of sp³-hybridized carbons (Fsp3) is 0.464. The van der Waals surface area contributed by atoms with Crippen LogP contribution in [0.1, 0.15) is 63.5 Å². The van der Waals surface area contributed by atoms with Gasteiger partial charge in [0.15, 0.2) is 0 Å². The molecule has 1 aliphatic heterocycles. The molecule has 34 heavy (non-hydrogen) atoms. The van der Waals surface area contributed by atoms with E-state index >= 15 is 0 Å². The minimum absolute atomic E-state index is 0.0321. The number of nitrogens with one attached hydrogen (secondary N) is 1. The van der Waals surface area contributed by atoms with Crippen LogP contribution in [0.4, 0.5) is 4.39 Å². The second-order valence-electron chi connectivity index (χ2n) is 9.37. The average molecular weight is 464 g/mol. The van der Waals surface area contributed by atoms with Crippen molar-refractivity contribution in [1.82, 2.24) is 10.2 Å². The zero-order valence-corrected chi connectivity index (χ0v) is 20.1. The molecule has 0 radical (unpaired) electrons. The number of nitrogens with zero attached hydrogens (tertiary/aromatic N) is 2. The van der Waals surface area contributed by atoms with Crippen molar-refractivity contribution in [3.05, 3.63) is 71.5 Å². The van der Waals surface area contributed by atoms with Gasteiger partial charge < -0.3 is 10.2 Å². The van der Waals surface area contributed by atoms with E-state index in [1.807, 2.05) is 30.3 Å². The van der Waals surface area contributed by atoms with Crippen LogP contribution in [-0.4, -0.2) is 29.3 Å². The SMILES string of the molecule is CC(C)C(C#N)(CCCCC(=O)N1CCC[C@@H]1C(=O)NCc1ccccc1F)c1ccccc1. The van der Waals surface area contributed by atoms with Crippen LogP contribution in [0, 0.1) is 23.1 Å². The first-order valence-electron chi connectivity index (χ1n) is 12.2. The minimum Gasteiger partial charge on any atom is -0.350 e. The molecular weight excluding hydrogens is 429 g/mol. The van der Waals surface area contributed by atoms with E-state index in [0.717, 1.165) is 18.4 Å². The number of hydrogen-bond acceptors (Lipinski definition) is 3. The maximum atomic E-state index is 13.8. The third-order valence-corrected chi connectivity index (χ3v) is 6.97. The maximum absolute atomic E-state index is 13.8. The van der Waals surface area contributed by atoms with Crippen LogP contribution in [0.3, 0.4) is 0 Å². The molecule has 0 bridgehead atoms. The highest BCUT2D eigenvalue weighted by molar-refractivity contribution is 5.88. The summed E-state index contributed by atoms with van der Waals surface area (Å²) in [5.41, 5.74) is 0.869. The fourth-order valence-electron chi connectivity index (χ4n) is 4.85.